The molecule has 0 bridgehead atoms. The molecule has 26 heavy (non-hydrogen) atoms. The van der Waals surface area contributed by atoms with Gasteiger partial charge in [-0.1, -0.05) is 19.9 Å². The van der Waals surface area contributed by atoms with Gasteiger partial charge in [0.05, 0.1) is 10.6 Å². The number of sulfone groups is 1. The van der Waals surface area contributed by atoms with Crippen molar-refractivity contribution in [3.8, 4) is 0 Å². The van der Waals surface area contributed by atoms with E-state index in [1.165, 1.54) is 17.6 Å². The van der Waals surface area contributed by atoms with E-state index in [9.17, 15) is 13.2 Å². The summed E-state index contributed by atoms with van der Waals surface area (Å²) in [6.45, 7) is 9.31. The molecule has 1 aromatic heterocycles. The number of rotatable bonds is 5. The highest BCUT2D eigenvalue weighted by Crippen LogP contribution is 2.39. The second kappa shape index (κ2) is 7.04. The molecule has 1 aliphatic heterocycles. The Labute approximate surface area is 158 Å². The lowest BCUT2D eigenvalue weighted by molar-refractivity contribution is 0.0649. The van der Waals surface area contributed by atoms with Crippen molar-refractivity contribution in [3.63, 3.8) is 0 Å². The highest BCUT2D eigenvalue weighted by Gasteiger charge is 2.32. The van der Waals surface area contributed by atoms with Gasteiger partial charge in [0.25, 0.3) is 5.91 Å². The molecule has 1 aromatic carbocycles. The molecule has 140 valence electrons. The maximum absolute atomic E-state index is 13.3. The van der Waals surface area contributed by atoms with Crippen molar-refractivity contribution in [1.29, 1.82) is 0 Å². The van der Waals surface area contributed by atoms with E-state index in [1.807, 2.05) is 11.0 Å². The van der Waals surface area contributed by atoms with Gasteiger partial charge in [-0.15, -0.1) is 17.9 Å². The smallest absolute Gasteiger partial charge is 0.266 e. The number of nitrogens with zero attached hydrogens (tertiary/aromatic N) is 1. The van der Waals surface area contributed by atoms with E-state index in [0.29, 0.717) is 23.9 Å². The largest absolute Gasteiger partial charge is 0.381 e. The van der Waals surface area contributed by atoms with Crippen molar-refractivity contribution in [2.24, 2.45) is 5.92 Å². The molecule has 7 heteroatoms. The summed E-state index contributed by atoms with van der Waals surface area (Å²) in [7, 11) is -3.29. The monoisotopic (exact) mass is 392 g/mol. The van der Waals surface area contributed by atoms with Gasteiger partial charge in [-0.05, 0) is 30.5 Å². The highest BCUT2D eigenvalue weighted by molar-refractivity contribution is 7.90. The van der Waals surface area contributed by atoms with Gasteiger partial charge in [0.1, 0.15) is 4.88 Å². The van der Waals surface area contributed by atoms with Crippen LogP contribution in [0.25, 0.3) is 10.1 Å². The second-order valence-corrected chi connectivity index (χ2v) is 10.1. The molecule has 1 amide bonds. The van der Waals surface area contributed by atoms with Crippen LogP contribution in [0.15, 0.2) is 35.7 Å². The first-order valence-corrected chi connectivity index (χ1v) is 11.4. The zero-order valence-corrected chi connectivity index (χ0v) is 16.9. The van der Waals surface area contributed by atoms with Crippen molar-refractivity contribution < 1.29 is 13.2 Å². The number of fused-ring (bicyclic) bond motifs is 3. The second-order valence-electron chi connectivity index (χ2n) is 7.00. The molecule has 1 aliphatic rings. The summed E-state index contributed by atoms with van der Waals surface area (Å²) in [6, 6.07) is 5.15. The molecule has 2 aromatic rings. The maximum Gasteiger partial charge on any atom is 0.266 e. The van der Waals surface area contributed by atoms with Gasteiger partial charge in [0, 0.05) is 35.5 Å². The summed E-state index contributed by atoms with van der Waals surface area (Å²) in [5.41, 5.74) is 0.754. The maximum atomic E-state index is 13.3. The van der Waals surface area contributed by atoms with Crippen molar-refractivity contribution in [2.45, 2.75) is 31.2 Å². The first kappa shape index (κ1) is 18.9. The number of thiophene rings is 1. The van der Waals surface area contributed by atoms with E-state index in [4.69, 9.17) is 0 Å². The first-order chi connectivity index (χ1) is 12.2. The van der Waals surface area contributed by atoms with Crippen molar-refractivity contribution in [3.05, 3.63) is 35.7 Å². The van der Waals surface area contributed by atoms with Crippen LogP contribution < -0.4 is 5.32 Å². The van der Waals surface area contributed by atoms with Crippen LogP contribution in [0.1, 0.15) is 29.9 Å². The van der Waals surface area contributed by atoms with E-state index < -0.39 is 9.84 Å². The van der Waals surface area contributed by atoms with Crippen LogP contribution in [0, 0.1) is 5.92 Å². The van der Waals surface area contributed by atoms with Gasteiger partial charge >= 0.3 is 0 Å². The van der Waals surface area contributed by atoms with E-state index in [1.54, 1.807) is 18.2 Å². The molecule has 0 unspecified atom stereocenters. The van der Waals surface area contributed by atoms with E-state index in [0.717, 1.165) is 22.2 Å². The van der Waals surface area contributed by atoms with Crippen LogP contribution in [0.4, 0.5) is 5.69 Å². The fourth-order valence-electron chi connectivity index (χ4n) is 3.41. The number of carbonyl (C=O) groups is 1. The summed E-state index contributed by atoms with van der Waals surface area (Å²) in [5.74, 6) is 0.331. The molecule has 0 spiro atoms. The average molecular weight is 393 g/mol. The van der Waals surface area contributed by atoms with Gasteiger partial charge in [-0.25, -0.2) is 8.42 Å². The SMILES string of the molecule is C=CC[C@@H](C(C)C)N1CCNc2c(sc3ccc(S(C)(=O)=O)cc23)C1=O. The van der Waals surface area contributed by atoms with Crippen LogP contribution in [-0.4, -0.2) is 44.6 Å². The molecule has 0 radical (unpaired) electrons. The summed E-state index contributed by atoms with van der Waals surface area (Å²) < 4.78 is 24.7. The molecule has 5 nitrogen and oxygen atoms in total. The molecule has 2 heterocycles. The lowest BCUT2D eigenvalue weighted by atomic mass is 9.98. The van der Waals surface area contributed by atoms with Gasteiger partial charge in [-0.2, -0.15) is 0 Å². The minimum Gasteiger partial charge on any atom is -0.381 e. The Morgan fingerprint density at radius 3 is 2.73 bits per heavy atom. The van der Waals surface area contributed by atoms with Crippen LogP contribution in [0.2, 0.25) is 0 Å². The lowest BCUT2D eigenvalue weighted by Crippen LogP contribution is -2.43. The van der Waals surface area contributed by atoms with Gasteiger partial charge in [0.2, 0.25) is 0 Å². The predicted octanol–water partition coefficient (Wildman–Crippen LogP) is 3.77. The molecular weight excluding hydrogens is 368 g/mol. The Morgan fingerprint density at radius 2 is 2.12 bits per heavy atom. The number of carbonyl (C=O) groups excluding carboxylic acids is 1. The third-order valence-electron chi connectivity index (χ3n) is 4.78. The Hall–Kier alpha value is -1.86. The topological polar surface area (TPSA) is 66.5 Å². The number of nitrogens with one attached hydrogen (secondary N) is 1. The number of amides is 1. The Morgan fingerprint density at radius 1 is 1.38 bits per heavy atom. The predicted molar refractivity (Wildman–Crippen MR) is 108 cm³/mol. The summed E-state index contributed by atoms with van der Waals surface area (Å²) >= 11 is 1.42. The van der Waals surface area contributed by atoms with Crippen LogP contribution in [0.5, 0.6) is 0 Å². The molecule has 1 atom stereocenters. The van der Waals surface area contributed by atoms with Gasteiger partial charge in [0.15, 0.2) is 9.84 Å². The number of benzene rings is 1. The molecule has 0 saturated heterocycles. The summed E-state index contributed by atoms with van der Waals surface area (Å²) in [6.07, 6.45) is 3.81. The Balaban J connectivity index is 2.10. The zero-order chi connectivity index (χ0) is 19.1. The fourth-order valence-corrected chi connectivity index (χ4v) is 5.18. The number of hydrogen-bond acceptors (Lipinski definition) is 5. The van der Waals surface area contributed by atoms with Crippen LogP contribution in [0.3, 0.4) is 0 Å². The molecular formula is C19H24N2O3S2. The van der Waals surface area contributed by atoms with Crippen molar-refractivity contribution >= 4 is 42.9 Å². The highest BCUT2D eigenvalue weighted by atomic mass is 32.2. The Bertz CT molecular complexity index is 961. The third kappa shape index (κ3) is 3.38. The minimum absolute atomic E-state index is 0.00709. The number of hydrogen-bond donors (Lipinski definition) is 1. The molecule has 1 N–H and O–H groups in total. The molecule has 0 fully saturated rings. The Kier molecular flexibility index (Phi) is 5.12. The standard InChI is InChI=1S/C19H24N2O3S2/c1-5-6-15(12(2)3)21-10-9-20-17-14-11-13(26(4,23)24)7-8-16(14)25-18(17)19(21)22/h5,7-8,11-12,15,20H,1,6,9-10H2,2-4H3/t15-/m0/s1. The van der Waals surface area contributed by atoms with Crippen LogP contribution in [-0.2, 0) is 9.84 Å². The third-order valence-corrected chi connectivity index (χ3v) is 7.04. The quantitative estimate of drug-likeness (QED) is 0.787. The molecule has 3 rings (SSSR count). The average Bonchev–Trinajstić information content (AvgIpc) is 2.85. The minimum atomic E-state index is -3.29. The van der Waals surface area contributed by atoms with Gasteiger partial charge < -0.3 is 10.2 Å². The van der Waals surface area contributed by atoms with Crippen molar-refractivity contribution in [1.82, 2.24) is 4.90 Å². The van der Waals surface area contributed by atoms with E-state index >= 15 is 0 Å². The first-order valence-electron chi connectivity index (χ1n) is 8.66. The van der Waals surface area contributed by atoms with Crippen LogP contribution >= 0.6 is 11.3 Å². The van der Waals surface area contributed by atoms with Gasteiger partial charge in [-0.3, -0.25) is 4.79 Å². The van der Waals surface area contributed by atoms with E-state index in [2.05, 4.69) is 25.7 Å². The summed E-state index contributed by atoms with van der Waals surface area (Å²) in [4.78, 5) is 16.1. The summed E-state index contributed by atoms with van der Waals surface area (Å²) in [5, 5.41) is 4.15. The lowest BCUT2D eigenvalue weighted by Gasteiger charge is -2.32. The number of anilines is 1. The zero-order valence-electron chi connectivity index (χ0n) is 15.3. The van der Waals surface area contributed by atoms with Crippen molar-refractivity contribution in [2.75, 3.05) is 24.7 Å². The fraction of sp³-hybridized carbons (Fsp3) is 0.421. The molecule has 0 aliphatic carbocycles. The van der Waals surface area contributed by atoms with E-state index in [-0.39, 0.29) is 16.8 Å². The normalized spacial score (nSPS) is 16.3. The molecule has 0 saturated carbocycles.